The largest absolute Gasteiger partial charge is 0.497 e. The second-order valence-electron chi connectivity index (χ2n) is 5.46. The maximum Gasteiger partial charge on any atom is 0.255 e. The van der Waals surface area contributed by atoms with Gasteiger partial charge >= 0.3 is 0 Å². The number of methoxy groups -OCH3 is 2. The maximum atomic E-state index is 12.7. The molecule has 2 aromatic rings. The molecule has 26 heavy (non-hydrogen) atoms. The summed E-state index contributed by atoms with van der Waals surface area (Å²) in [6.07, 6.45) is 0.892. The average Bonchev–Trinajstić information content (AvgIpc) is 2.67. The molecule has 0 saturated carbocycles. The minimum Gasteiger partial charge on any atom is -0.497 e. The number of nitrogens with one attached hydrogen (secondary N) is 1. The lowest BCUT2D eigenvalue weighted by molar-refractivity contribution is 0.102. The Hall–Kier alpha value is -2.89. The van der Waals surface area contributed by atoms with Gasteiger partial charge in [-0.2, -0.15) is 0 Å². The van der Waals surface area contributed by atoms with Crippen LogP contribution in [0.3, 0.4) is 0 Å². The Morgan fingerprint density at radius 1 is 0.923 bits per heavy atom. The Morgan fingerprint density at radius 3 is 2.35 bits per heavy atom. The third-order valence-corrected chi connectivity index (χ3v) is 3.62. The van der Waals surface area contributed by atoms with Crippen LogP contribution >= 0.6 is 0 Å². The Bertz CT molecular complexity index is 745. The molecule has 1 N–H and O–H groups in total. The van der Waals surface area contributed by atoms with Crippen LogP contribution in [0.25, 0.3) is 0 Å². The molecule has 6 nitrogen and oxygen atoms in total. The van der Waals surface area contributed by atoms with Gasteiger partial charge in [-0.05, 0) is 43.7 Å². The second kappa shape index (κ2) is 9.56. The van der Waals surface area contributed by atoms with Gasteiger partial charge in [0.2, 0.25) is 0 Å². The predicted molar refractivity (Wildman–Crippen MR) is 101 cm³/mol. The van der Waals surface area contributed by atoms with E-state index in [1.165, 1.54) is 0 Å². The number of ether oxygens (including phenoxy) is 4. The van der Waals surface area contributed by atoms with Gasteiger partial charge in [-0.1, -0.05) is 6.92 Å². The van der Waals surface area contributed by atoms with Crippen molar-refractivity contribution in [2.75, 3.05) is 32.8 Å². The molecule has 0 radical (unpaired) electrons. The Morgan fingerprint density at radius 2 is 1.69 bits per heavy atom. The number of anilines is 1. The number of hydrogen-bond acceptors (Lipinski definition) is 5. The highest BCUT2D eigenvalue weighted by Crippen LogP contribution is 2.31. The SMILES string of the molecule is CCCOc1ccc(C(=O)Nc2cc(OC)ccc2OC)cc1OCC. The fourth-order valence-electron chi connectivity index (χ4n) is 2.36. The van der Waals surface area contributed by atoms with Gasteiger partial charge in [0, 0.05) is 11.6 Å². The molecule has 0 unspecified atom stereocenters. The van der Waals surface area contributed by atoms with Gasteiger partial charge in [-0.25, -0.2) is 0 Å². The molecule has 0 fully saturated rings. The predicted octanol–water partition coefficient (Wildman–Crippen LogP) is 4.14. The van der Waals surface area contributed by atoms with Crippen LogP contribution in [0.5, 0.6) is 23.0 Å². The highest BCUT2D eigenvalue weighted by molar-refractivity contribution is 6.05. The van der Waals surface area contributed by atoms with Crippen LogP contribution in [0.1, 0.15) is 30.6 Å². The number of carbonyl (C=O) groups excluding carboxylic acids is 1. The normalized spacial score (nSPS) is 10.2. The van der Waals surface area contributed by atoms with Gasteiger partial charge in [-0.3, -0.25) is 4.79 Å². The highest BCUT2D eigenvalue weighted by atomic mass is 16.5. The van der Waals surface area contributed by atoms with E-state index in [0.29, 0.717) is 47.5 Å². The second-order valence-corrected chi connectivity index (χ2v) is 5.46. The fourth-order valence-corrected chi connectivity index (χ4v) is 2.36. The van der Waals surface area contributed by atoms with Gasteiger partial charge in [0.15, 0.2) is 11.5 Å². The van der Waals surface area contributed by atoms with E-state index in [-0.39, 0.29) is 5.91 Å². The molecule has 0 aliphatic heterocycles. The molecule has 2 aromatic carbocycles. The van der Waals surface area contributed by atoms with Crippen molar-refractivity contribution in [3.63, 3.8) is 0 Å². The smallest absolute Gasteiger partial charge is 0.255 e. The van der Waals surface area contributed by atoms with E-state index in [1.807, 2.05) is 13.8 Å². The van der Waals surface area contributed by atoms with Gasteiger partial charge in [-0.15, -0.1) is 0 Å². The third-order valence-electron chi connectivity index (χ3n) is 3.62. The molecule has 0 aliphatic rings. The monoisotopic (exact) mass is 359 g/mol. The Labute approximate surface area is 154 Å². The van der Waals surface area contributed by atoms with E-state index in [4.69, 9.17) is 18.9 Å². The van der Waals surface area contributed by atoms with Crippen molar-refractivity contribution >= 4 is 11.6 Å². The van der Waals surface area contributed by atoms with Crippen LogP contribution in [0.4, 0.5) is 5.69 Å². The summed E-state index contributed by atoms with van der Waals surface area (Å²) in [7, 11) is 3.11. The molecule has 0 spiro atoms. The molecular weight excluding hydrogens is 334 g/mol. The van der Waals surface area contributed by atoms with Gasteiger partial charge < -0.3 is 24.3 Å². The topological polar surface area (TPSA) is 66.0 Å². The van der Waals surface area contributed by atoms with Crippen molar-refractivity contribution < 1.29 is 23.7 Å². The zero-order valence-electron chi connectivity index (χ0n) is 15.6. The van der Waals surface area contributed by atoms with E-state index >= 15 is 0 Å². The van der Waals surface area contributed by atoms with E-state index in [0.717, 1.165) is 6.42 Å². The number of benzene rings is 2. The van der Waals surface area contributed by atoms with E-state index in [9.17, 15) is 4.79 Å². The average molecular weight is 359 g/mol. The maximum absolute atomic E-state index is 12.7. The minimum absolute atomic E-state index is 0.278. The first-order valence-electron chi connectivity index (χ1n) is 8.55. The van der Waals surface area contributed by atoms with E-state index in [2.05, 4.69) is 5.32 Å². The van der Waals surface area contributed by atoms with Crippen LogP contribution in [0, 0.1) is 0 Å². The molecule has 140 valence electrons. The summed E-state index contributed by atoms with van der Waals surface area (Å²) in [5, 5.41) is 2.84. The van der Waals surface area contributed by atoms with Crippen molar-refractivity contribution in [2.24, 2.45) is 0 Å². The molecule has 0 bridgehead atoms. The quantitative estimate of drug-likeness (QED) is 0.729. The van der Waals surface area contributed by atoms with Gasteiger partial charge in [0.25, 0.3) is 5.91 Å². The standard InChI is InChI=1S/C20H25NO5/c1-5-11-26-18-9-7-14(12-19(18)25-6-2)20(22)21-16-13-15(23-3)8-10-17(16)24-4/h7-10,12-13H,5-6,11H2,1-4H3,(H,21,22). The van der Waals surface area contributed by atoms with Crippen molar-refractivity contribution in [3.8, 4) is 23.0 Å². The highest BCUT2D eigenvalue weighted by Gasteiger charge is 2.14. The summed E-state index contributed by atoms with van der Waals surface area (Å²) in [5.41, 5.74) is 0.989. The van der Waals surface area contributed by atoms with E-state index < -0.39 is 0 Å². The zero-order valence-corrected chi connectivity index (χ0v) is 15.6. The molecule has 0 saturated heterocycles. The first-order chi connectivity index (χ1) is 12.6. The first kappa shape index (κ1) is 19.4. The van der Waals surface area contributed by atoms with Gasteiger partial charge in [0.05, 0.1) is 33.1 Å². The fraction of sp³-hybridized carbons (Fsp3) is 0.350. The lowest BCUT2D eigenvalue weighted by Gasteiger charge is -2.14. The third kappa shape index (κ3) is 4.81. The molecule has 6 heteroatoms. The molecule has 1 amide bonds. The number of amides is 1. The molecular formula is C20H25NO5. The lowest BCUT2D eigenvalue weighted by atomic mass is 10.1. The van der Waals surface area contributed by atoms with Crippen molar-refractivity contribution in [1.29, 1.82) is 0 Å². The van der Waals surface area contributed by atoms with E-state index in [1.54, 1.807) is 50.6 Å². The van der Waals surface area contributed by atoms with Crippen molar-refractivity contribution in [1.82, 2.24) is 0 Å². The summed E-state index contributed by atoms with van der Waals surface area (Å²) >= 11 is 0. The van der Waals surface area contributed by atoms with Crippen LogP contribution in [0.15, 0.2) is 36.4 Å². The first-order valence-corrected chi connectivity index (χ1v) is 8.55. The minimum atomic E-state index is -0.278. The molecule has 0 aliphatic carbocycles. The number of carbonyl (C=O) groups is 1. The Balaban J connectivity index is 2.25. The van der Waals surface area contributed by atoms with Gasteiger partial charge in [0.1, 0.15) is 11.5 Å². The molecule has 0 heterocycles. The molecule has 2 rings (SSSR count). The number of rotatable bonds is 9. The zero-order chi connectivity index (χ0) is 18.9. The summed E-state index contributed by atoms with van der Waals surface area (Å²) in [6.45, 7) is 4.99. The summed E-state index contributed by atoms with van der Waals surface area (Å²) in [6, 6.07) is 10.3. The number of hydrogen-bond donors (Lipinski definition) is 1. The molecule has 0 atom stereocenters. The van der Waals surface area contributed by atoms with Crippen LogP contribution in [0.2, 0.25) is 0 Å². The van der Waals surface area contributed by atoms with Crippen LogP contribution in [-0.4, -0.2) is 33.3 Å². The summed E-state index contributed by atoms with van der Waals surface area (Å²) in [5.74, 6) is 2.07. The van der Waals surface area contributed by atoms with Crippen molar-refractivity contribution in [3.05, 3.63) is 42.0 Å². The summed E-state index contributed by atoms with van der Waals surface area (Å²) in [4.78, 5) is 12.7. The summed E-state index contributed by atoms with van der Waals surface area (Å²) < 4.78 is 21.8. The van der Waals surface area contributed by atoms with Crippen LogP contribution in [-0.2, 0) is 0 Å². The van der Waals surface area contributed by atoms with Crippen LogP contribution < -0.4 is 24.3 Å². The Kier molecular flexibility index (Phi) is 7.14. The lowest BCUT2D eigenvalue weighted by Crippen LogP contribution is -2.13. The molecule has 0 aromatic heterocycles. The van der Waals surface area contributed by atoms with Crippen molar-refractivity contribution in [2.45, 2.75) is 20.3 Å².